The van der Waals surface area contributed by atoms with Gasteiger partial charge in [0.2, 0.25) is 5.91 Å². The number of halogens is 1. The standard InChI is InChI=1S/C22H21FN2O2/c1-13-9-15-11-16(20(26)25-19(15)10-14(13)2)12-24-21(27)22(7-8-22)17-5-3-4-6-18(17)23/h3-6,9-11H,7-8,12H2,1-2H3,(H,24,27)(H,25,26). The van der Waals surface area contributed by atoms with Gasteiger partial charge in [0.25, 0.3) is 5.56 Å². The number of aromatic amines is 1. The Morgan fingerprint density at radius 2 is 1.85 bits per heavy atom. The topological polar surface area (TPSA) is 62.0 Å². The fourth-order valence-electron chi connectivity index (χ4n) is 3.59. The summed E-state index contributed by atoms with van der Waals surface area (Å²) in [6, 6.07) is 12.2. The van der Waals surface area contributed by atoms with Crippen molar-refractivity contribution in [3.63, 3.8) is 0 Å². The van der Waals surface area contributed by atoms with E-state index in [-0.39, 0.29) is 23.8 Å². The number of nitrogens with one attached hydrogen (secondary N) is 2. The van der Waals surface area contributed by atoms with E-state index in [9.17, 15) is 14.0 Å². The molecule has 0 atom stereocenters. The second-order valence-corrected chi connectivity index (χ2v) is 7.39. The fraction of sp³-hybridized carbons (Fsp3) is 0.273. The summed E-state index contributed by atoms with van der Waals surface area (Å²) in [4.78, 5) is 28.0. The summed E-state index contributed by atoms with van der Waals surface area (Å²) in [5.74, 6) is -0.591. The predicted molar refractivity (Wildman–Crippen MR) is 103 cm³/mol. The molecule has 2 aromatic carbocycles. The average Bonchev–Trinajstić information content (AvgIpc) is 3.43. The first kappa shape index (κ1) is 17.5. The van der Waals surface area contributed by atoms with Crippen LogP contribution >= 0.6 is 0 Å². The average molecular weight is 364 g/mol. The number of aryl methyl sites for hydroxylation is 2. The van der Waals surface area contributed by atoms with E-state index < -0.39 is 5.41 Å². The van der Waals surface area contributed by atoms with Crippen LogP contribution in [0.4, 0.5) is 4.39 Å². The van der Waals surface area contributed by atoms with Crippen molar-refractivity contribution in [2.24, 2.45) is 0 Å². The van der Waals surface area contributed by atoms with E-state index in [2.05, 4.69) is 10.3 Å². The highest BCUT2D eigenvalue weighted by Gasteiger charge is 2.52. The van der Waals surface area contributed by atoms with Gasteiger partial charge in [-0.05, 0) is 67.5 Å². The van der Waals surface area contributed by atoms with E-state index >= 15 is 0 Å². The van der Waals surface area contributed by atoms with Gasteiger partial charge in [0.1, 0.15) is 5.82 Å². The molecule has 1 saturated carbocycles. The molecule has 1 aromatic heterocycles. The van der Waals surface area contributed by atoms with Crippen molar-refractivity contribution < 1.29 is 9.18 Å². The molecule has 1 amide bonds. The van der Waals surface area contributed by atoms with Crippen molar-refractivity contribution in [3.8, 4) is 0 Å². The van der Waals surface area contributed by atoms with Crippen LogP contribution in [-0.4, -0.2) is 10.9 Å². The molecule has 1 aliphatic rings. The third-order valence-electron chi connectivity index (χ3n) is 5.55. The Morgan fingerprint density at radius 3 is 2.56 bits per heavy atom. The highest BCUT2D eigenvalue weighted by atomic mass is 19.1. The second kappa shape index (κ2) is 6.34. The molecule has 0 bridgehead atoms. The zero-order chi connectivity index (χ0) is 19.2. The van der Waals surface area contributed by atoms with Crippen LogP contribution < -0.4 is 10.9 Å². The van der Waals surface area contributed by atoms with Gasteiger partial charge in [0.15, 0.2) is 0 Å². The maximum atomic E-state index is 14.1. The molecule has 5 heteroatoms. The minimum Gasteiger partial charge on any atom is -0.351 e. The van der Waals surface area contributed by atoms with Crippen molar-refractivity contribution in [1.29, 1.82) is 0 Å². The third kappa shape index (κ3) is 3.03. The molecule has 0 radical (unpaired) electrons. The lowest BCUT2D eigenvalue weighted by Gasteiger charge is -2.16. The molecule has 3 aromatic rings. The van der Waals surface area contributed by atoms with E-state index in [0.717, 1.165) is 22.0 Å². The van der Waals surface area contributed by atoms with E-state index in [4.69, 9.17) is 0 Å². The fourth-order valence-corrected chi connectivity index (χ4v) is 3.59. The predicted octanol–water partition coefficient (Wildman–Crippen LogP) is 3.63. The van der Waals surface area contributed by atoms with Gasteiger partial charge >= 0.3 is 0 Å². The molecule has 138 valence electrons. The Morgan fingerprint density at radius 1 is 1.15 bits per heavy atom. The second-order valence-electron chi connectivity index (χ2n) is 7.39. The monoisotopic (exact) mass is 364 g/mol. The van der Waals surface area contributed by atoms with Gasteiger partial charge in [0, 0.05) is 23.2 Å². The van der Waals surface area contributed by atoms with Crippen LogP contribution in [0.3, 0.4) is 0 Å². The molecule has 0 aliphatic heterocycles. The number of hydrogen-bond acceptors (Lipinski definition) is 2. The molecular weight excluding hydrogens is 343 g/mol. The van der Waals surface area contributed by atoms with E-state index in [1.165, 1.54) is 6.07 Å². The number of benzene rings is 2. The Labute approximate surface area is 156 Å². The number of pyridine rings is 1. The summed E-state index contributed by atoms with van der Waals surface area (Å²) in [5.41, 5.74) is 2.93. The van der Waals surface area contributed by atoms with Crippen molar-refractivity contribution in [2.45, 2.75) is 38.6 Å². The van der Waals surface area contributed by atoms with Crippen molar-refractivity contribution in [2.75, 3.05) is 0 Å². The van der Waals surface area contributed by atoms with Crippen LogP contribution in [0.25, 0.3) is 10.9 Å². The third-order valence-corrected chi connectivity index (χ3v) is 5.55. The lowest BCUT2D eigenvalue weighted by atomic mass is 9.94. The zero-order valence-electron chi connectivity index (χ0n) is 15.4. The molecule has 2 N–H and O–H groups in total. The van der Waals surface area contributed by atoms with Crippen LogP contribution in [0.2, 0.25) is 0 Å². The molecule has 0 unspecified atom stereocenters. The normalized spacial score (nSPS) is 14.9. The summed E-state index contributed by atoms with van der Waals surface area (Å²) in [6.07, 6.45) is 1.23. The molecule has 1 heterocycles. The molecule has 1 aliphatic carbocycles. The van der Waals surface area contributed by atoms with Crippen LogP contribution in [0.5, 0.6) is 0 Å². The van der Waals surface area contributed by atoms with Crippen molar-refractivity contribution >= 4 is 16.8 Å². The van der Waals surface area contributed by atoms with Gasteiger partial charge in [-0.25, -0.2) is 4.39 Å². The maximum Gasteiger partial charge on any atom is 0.253 e. The number of rotatable bonds is 4. The number of fused-ring (bicyclic) bond motifs is 1. The van der Waals surface area contributed by atoms with Gasteiger partial charge in [0.05, 0.1) is 5.41 Å². The summed E-state index contributed by atoms with van der Waals surface area (Å²) in [7, 11) is 0. The number of carbonyl (C=O) groups is 1. The minimum absolute atomic E-state index is 0.118. The zero-order valence-corrected chi connectivity index (χ0v) is 15.4. The van der Waals surface area contributed by atoms with E-state index in [0.29, 0.717) is 24.0 Å². The Hall–Kier alpha value is -2.95. The number of H-pyrrole nitrogens is 1. The lowest BCUT2D eigenvalue weighted by molar-refractivity contribution is -0.123. The Bertz CT molecular complexity index is 1110. The van der Waals surface area contributed by atoms with Gasteiger partial charge in [-0.2, -0.15) is 0 Å². The van der Waals surface area contributed by atoms with Crippen LogP contribution in [-0.2, 0) is 16.8 Å². The SMILES string of the molecule is Cc1cc2cc(CNC(=O)C3(c4ccccc4F)CC3)c(=O)[nH]c2cc1C. The Balaban J connectivity index is 1.58. The molecule has 4 nitrogen and oxygen atoms in total. The summed E-state index contributed by atoms with van der Waals surface area (Å²) in [6.45, 7) is 4.14. The maximum absolute atomic E-state index is 14.1. The number of hydrogen-bond donors (Lipinski definition) is 2. The van der Waals surface area contributed by atoms with Crippen LogP contribution in [0.15, 0.2) is 47.3 Å². The molecular formula is C22H21FN2O2. The number of carbonyl (C=O) groups excluding carboxylic acids is 1. The van der Waals surface area contributed by atoms with Gasteiger partial charge in [-0.3, -0.25) is 9.59 Å². The van der Waals surface area contributed by atoms with Crippen LogP contribution in [0.1, 0.15) is 35.1 Å². The summed E-state index contributed by atoms with van der Waals surface area (Å²) in [5, 5.41) is 3.76. The smallest absolute Gasteiger partial charge is 0.253 e. The molecule has 27 heavy (non-hydrogen) atoms. The highest BCUT2D eigenvalue weighted by molar-refractivity contribution is 5.91. The minimum atomic E-state index is -0.803. The highest BCUT2D eigenvalue weighted by Crippen LogP contribution is 2.49. The quantitative estimate of drug-likeness (QED) is 0.743. The van der Waals surface area contributed by atoms with Gasteiger partial charge < -0.3 is 10.3 Å². The van der Waals surface area contributed by atoms with Gasteiger partial charge in [-0.1, -0.05) is 18.2 Å². The lowest BCUT2D eigenvalue weighted by Crippen LogP contribution is -2.36. The first-order valence-electron chi connectivity index (χ1n) is 9.07. The van der Waals surface area contributed by atoms with E-state index in [1.54, 1.807) is 18.2 Å². The molecule has 0 saturated heterocycles. The van der Waals surface area contributed by atoms with E-state index in [1.807, 2.05) is 32.0 Å². The molecule has 1 fully saturated rings. The first-order chi connectivity index (χ1) is 12.9. The number of amides is 1. The number of aromatic nitrogens is 1. The molecule has 4 rings (SSSR count). The summed E-state index contributed by atoms with van der Waals surface area (Å²) < 4.78 is 14.1. The summed E-state index contributed by atoms with van der Waals surface area (Å²) >= 11 is 0. The van der Waals surface area contributed by atoms with Crippen molar-refractivity contribution in [1.82, 2.24) is 10.3 Å². The van der Waals surface area contributed by atoms with Crippen molar-refractivity contribution in [3.05, 3.63) is 80.9 Å². The molecule has 0 spiro atoms. The first-order valence-corrected chi connectivity index (χ1v) is 9.07. The van der Waals surface area contributed by atoms with Crippen LogP contribution in [0, 0.1) is 19.7 Å². The van der Waals surface area contributed by atoms with Gasteiger partial charge in [-0.15, -0.1) is 0 Å². The largest absolute Gasteiger partial charge is 0.351 e. The Kier molecular flexibility index (Phi) is 4.10.